The Balaban J connectivity index is 0.000000191. The van der Waals surface area contributed by atoms with Crippen molar-refractivity contribution in [1.29, 1.82) is 0 Å². The number of fused-ring (bicyclic) bond motifs is 2. The lowest BCUT2D eigenvalue weighted by molar-refractivity contribution is -0.116. The Bertz CT molecular complexity index is 1160. The summed E-state index contributed by atoms with van der Waals surface area (Å²) in [6.45, 7) is 16.2. The summed E-state index contributed by atoms with van der Waals surface area (Å²) in [6, 6.07) is 0. The van der Waals surface area contributed by atoms with Gasteiger partial charge in [0.25, 0.3) is 0 Å². The second-order valence-electron chi connectivity index (χ2n) is 9.44. The number of carbonyl (C=O) groups is 3. The quantitative estimate of drug-likeness (QED) is 0.424. The van der Waals surface area contributed by atoms with Gasteiger partial charge in [0.2, 0.25) is 5.91 Å². The number of amides is 1. The van der Waals surface area contributed by atoms with E-state index in [1.807, 2.05) is 34.6 Å². The van der Waals surface area contributed by atoms with Crippen LogP contribution >= 0.6 is 12.2 Å². The number of anilines is 2. The Kier molecular flexibility index (Phi) is 7.41. The van der Waals surface area contributed by atoms with Gasteiger partial charge in [-0.3, -0.25) is 14.4 Å². The van der Waals surface area contributed by atoms with Gasteiger partial charge in [-0.25, -0.2) is 0 Å². The third-order valence-corrected chi connectivity index (χ3v) is 7.93. The van der Waals surface area contributed by atoms with E-state index in [0.29, 0.717) is 24.8 Å². The maximum atomic E-state index is 12.2. The first-order valence-electron chi connectivity index (χ1n) is 11.7. The van der Waals surface area contributed by atoms with Crippen molar-refractivity contribution in [2.45, 2.75) is 81.1 Å². The summed E-state index contributed by atoms with van der Waals surface area (Å²) in [5.74, 6) is 0.209. The molecule has 0 saturated heterocycles. The molecule has 2 heterocycles. The zero-order chi connectivity index (χ0) is 25.5. The standard InChI is InChI=1S/C14H17NO2.C14H17NOS/c2*1-7-8(2)10(4)14-13(9(7)3)11(16)5-6-12(17)15-14/h2*5-6H2,1-4H3,(H,15,17). The molecule has 0 radical (unpaired) electrons. The minimum atomic E-state index is -0.0668. The van der Waals surface area contributed by atoms with Crippen molar-refractivity contribution in [2.75, 3.05) is 10.6 Å². The van der Waals surface area contributed by atoms with Crippen LogP contribution in [-0.4, -0.2) is 22.5 Å². The summed E-state index contributed by atoms with van der Waals surface area (Å²) in [7, 11) is 0. The molecule has 0 fully saturated rings. The Labute approximate surface area is 207 Å². The summed E-state index contributed by atoms with van der Waals surface area (Å²) in [5, 5.41) is 6.11. The highest BCUT2D eigenvalue weighted by Gasteiger charge is 2.26. The first-order valence-corrected chi connectivity index (χ1v) is 12.1. The second kappa shape index (κ2) is 9.79. The third-order valence-electron chi connectivity index (χ3n) is 7.62. The molecule has 0 aliphatic carbocycles. The van der Waals surface area contributed by atoms with Gasteiger partial charge in [0.15, 0.2) is 11.6 Å². The molecule has 2 aromatic carbocycles. The van der Waals surface area contributed by atoms with Crippen LogP contribution in [0.25, 0.3) is 0 Å². The van der Waals surface area contributed by atoms with Crippen LogP contribution in [0, 0.1) is 55.4 Å². The molecule has 6 heteroatoms. The molecule has 4 rings (SSSR count). The van der Waals surface area contributed by atoms with Gasteiger partial charge in [0.05, 0.1) is 16.4 Å². The van der Waals surface area contributed by atoms with Crippen molar-refractivity contribution in [3.8, 4) is 0 Å². The van der Waals surface area contributed by atoms with Crippen molar-refractivity contribution in [2.24, 2.45) is 0 Å². The van der Waals surface area contributed by atoms with Crippen LogP contribution in [-0.2, 0) is 4.79 Å². The molecule has 0 atom stereocenters. The monoisotopic (exact) mass is 478 g/mol. The molecule has 34 heavy (non-hydrogen) atoms. The van der Waals surface area contributed by atoms with E-state index >= 15 is 0 Å². The summed E-state index contributed by atoms with van der Waals surface area (Å²) < 4.78 is 0. The number of carbonyl (C=O) groups excluding carboxylic acids is 3. The van der Waals surface area contributed by atoms with Crippen molar-refractivity contribution < 1.29 is 14.4 Å². The predicted molar refractivity (Wildman–Crippen MR) is 143 cm³/mol. The number of hydrogen-bond donors (Lipinski definition) is 2. The zero-order valence-electron chi connectivity index (χ0n) is 21.5. The molecule has 0 saturated carbocycles. The average molecular weight is 479 g/mol. The van der Waals surface area contributed by atoms with Gasteiger partial charge in [-0.1, -0.05) is 12.2 Å². The number of hydrogen-bond acceptors (Lipinski definition) is 4. The first-order chi connectivity index (χ1) is 15.9. The van der Waals surface area contributed by atoms with Crippen molar-refractivity contribution in [1.82, 2.24) is 0 Å². The fourth-order valence-corrected chi connectivity index (χ4v) is 4.95. The number of nitrogens with one attached hydrogen (secondary N) is 2. The average Bonchev–Trinajstić information content (AvgIpc) is 3.05. The second-order valence-corrected chi connectivity index (χ2v) is 9.94. The van der Waals surface area contributed by atoms with Crippen LogP contribution < -0.4 is 10.6 Å². The molecule has 2 aliphatic heterocycles. The molecule has 0 aromatic heterocycles. The van der Waals surface area contributed by atoms with Gasteiger partial charge in [-0.15, -0.1) is 0 Å². The molecule has 2 aromatic rings. The SMILES string of the molecule is Cc1c(C)c(C)c2c(c1C)NC(=O)CCC2=O.Cc1c(C)c(C)c2c(c1C)NC(=S)CCC2=O. The van der Waals surface area contributed by atoms with Crippen LogP contribution in [0.1, 0.15) is 90.9 Å². The fraction of sp³-hybridized carbons (Fsp3) is 0.429. The Morgan fingerprint density at radius 3 is 1.35 bits per heavy atom. The van der Waals surface area contributed by atoms with Gasteiger partial charge in [-0.05, 0) is 99.9 Å². The number of Topliss-reactive ketones (excluding diaryl/α,β-unsaturated/α-hetero) is 2. The zero-order valence-corrected chi connectivity index (χ0v) is 22.3. The lowest BCUT2D eigenvalue weighted by atomic mass is 9.90. The number of ketones is 2. The van der Waals surface area contributed by atoms with Gasteiger partial charge in [-0.2, -0.15) is 0 Å². The molecule has 2 aliphatic rings. The first kappa shape index (κ1) is 25.8. The highest BCUT2D eigenvalue weighted by Crippen LogP contribution is 2.35. The molecule has 1 amide bonds. The molecule has 0 spiro atoms. The van der Waals surface area contributed by atoms with Crippen molar-refractivity contribution in [3.63, 3.8) is 0 Å². The molecular formula is C28H34N2O3S. The van der Waals surface area contributed by atoms with Crippen LogP contribution in [0.3, 0.4) is 0 Å². The molecule has 0 unspecified atom stereocenters. The molecular weight excluding hydrogens is 444 g/mol. The van der Waals surface area contributed by atoms with Gasteiger partial charge in [0, 0.05) is 36.8 Å². The minimum absolute atomic E-state index is 0.0668. The Morgan fingerprint density at radius 2 is 0.882 bits per heavy atom. The van der Waals surface area contributed by atoms with Gasteiger partial charge >= 0.3 is 0 Å². The highest BCUT2D eigenvalue weighted by molar-refractivity contribution is 7.80. The lowest BCUT2D eigenvalue weighted by Gasteiger charge is -2.18. The minimum Gasteiger partial charge on any atom is -0.349 e. The summed E-state index contributed by atoms with van der Waals surface area (Å²) in [4.78, 5) is 36.6. The van der Waals surface area contributed by atoms with E-state index in [9.17, 15) is 14.4 Å². The summed E-state index contributed by atoms with van der Waals surface area (Å²) in [5.41, 5.74) is 12.2. The van der Waals surface area contributed by atoms with Crippen LogP contribution in [0.5, 0.6) is 0 Å². The maximum absolute atomic E-state index is 12.2. The van der Waals surface area contributed by atoms with E-state index in [2.05, 4.69) is 31.4 Å². The van der Waals surface area contributed by atoms with Crippen molar-refractivity contribution >= 4 is 46.1 Å². The highest BCUT2D eigenvalue weighted by atomic mass is 32.1. The topological polar surface area (TPSA) is 75.3 Å². The van der Waals surface area contributed by atoms with Crippen LogP contribution in [0.15, 0.2) is 0 Å². The van der Waals surface area contributed by atoms with Crippen LogP contribution in [0.2, 0.25) is 0 Å². The smallest absolute Gasteiger partial charge is 0.224 e. The molecule has 2 N–H and O–H groups in total. The van der Waals surface area contributed by atoms with E-state index < -0.39 is 0 Å². The van der Waals surface area contributed by atoms with Crippen LogP contribution in [0.4, 0.5) is 11.4 Å². The van der Waals surface area contributed by atoms with E-state index in [0.717, 1.165) is 55.3 Å². The Hall–Kier alpha value is -2.86. The number of benzene rings is 2. The number of rotatable bonds is 0. The lowest BCUT2D eigenvalue weighted by Crippen LogP contribution is -2.12. The Morgan fingerprint density at radius 1 is 0.500 bits per heavy atom. The maximum Gasteiger partial charge on any atom is 0.224 e. The largest absolute Gasteiger partial charge is 0.349 e. The van der Waals surface area contributed by atoms with E-state index in [1.54, 1.807) is 0 Å². The number of thiocarbonyl (C=S) groups is 1. The third kappa shape index (κ3) is 4.56. The summed E-state index contributed by atoms with van der Waals surface area (Å²) >= 11 is 5.24. The van der Waals surface area contributed by atoms with Gasteiger partial charge in [0.1, 0.15) is 0 Å². The normalized spacial score (nSPS) is 15.3. The van der Waals surface area contributed by atoms with Crippen molar-refractivity contribution in [3.05, 3.63) is 55.6 Å². The molecule has 180 valence electrons. The predicted octanol–water partition coefficient (Wildman–Crippen LogP) is 6.47. The summed E-state index contributed by atoms with van der Waals surface area (Å²) in [6.07, 6.45) is 1.76. The molecule has 5 nitrogen and oxygen atoms in total. The fourth-order valence-electron chi connectivity index (χ4n) is 4.74. The van der Waals surface area contributed by atoms with E-state index in [4.69, 9.17) is 12.2 Å². The van der Waals surface area contributed by atoms with E-state index in [1.165, 1.54) is 11.1 Å². The van der Waals surface area contributed by atoms with Gasteiger partial charge < -0.3 is 10.6 Å². The van der Waals surface area contributed by atoms with E-state index in [-0.39, 0.29) is 23.9 Å². The molecule has 0 bridgehead atoms.